The van der Waals surface area contributed by atoms with Gasteiger partial charge in [-0.1, -0.05) is 205 Å². The van der Waals surface area contributed by atoms with Gasteiger partial charge in [-0.3, -0.25) is 0 Å². The SMILES string of the molecule is c1ccc2c(c1)B1c3cc4c5c(c3Nc3cccc(c31)-c1ccccc1-c1ccccc1-2)c1ccccc1n5-c1cccc2c1B4c1ccccc1-c1ccccc1-c1ccccc1-2. The minimum atomic E-state index is -0.0645. The molecule has 1 aromatic heterocycles. The van der Waals surface area contributed by atoms with Crippen molar-refractivity contribution in [1.29, 1.82) is 0 Å². The van der Waals surface area contributed by atoms with Gasteiger partial charge in [0, 0.05) is 27.8 Å². The number of hydrogen-bond acceptors (Lipinski definition) is 1. The molecule has 0 amide bonds. The summed E-state index contributed by atoms with van der Waals surface area (Å²) in [4.78, 5) is 0. The lowest BCUT2D eigenvalue weighted by Gasteiger charge is -2.35. The highest BCUT2D eigenvalue weighted by molar-refractivity contribution is 7.02. The molecule has 5 heterocycles. The Morgan fingerprint density at radius 1 is 0.328 bits per heavy atom. The van der Waals surface area contributed by atoms with Crippen molar-refractivity contribution in [3.8, 4) is 72.4 Å². The number of rotatable bonds is 0. The summed E-state index contributed by atoms with van der Waals surface area (Å²) < 4.78 is 2.60. The van der Waals surface area contributed by atoms with E-state index in [0.29, 0.717) is 0 Å². The van der Waals surface area contributed by atoms with Crippen LogP contribution in [-0.4, -0.2) is 18.0 Å². The standard InChI is InChI=1S/C60H36B2N2/c1-5-21-40-36(17-1)38-19-3-7-23-42(38)46-28-15-32-53-57(46)61(49-30-12-9-25-44(40)49)51-35-52-60-56(59(51)63-53)48-27-11-14-33-54(48)64(60)55-34-16-29-47-43-24-8-4-20-39(43)37-18-2-6-22-41(37)45-26-10-13-31-50(45)62(52)58(47)55/h1-35,63H. The van der Waals surface area contributed by atoms with E-state index in [1.807, 2.05) is 0 Å². The largest absolute Gasteiger partial charge is 0.356 e. The van der Waals surface area contributed by atoms with Gasteiger partial charge in [0.2, 0.25) is 13.4 Å². The van der Waals surface area contributed by atoms with Crippen LogP contribution in [0.25, 0.3) is 94.3 Å². The minimum absolute atomic E-state index is 0.0594. The lowest BCUT2D eigenvalue weighted by Crippen LogP contribution is -2.61. The second kappa shape index (κ2) is 12.8. The van der Waals surface area contributed by atoms with Gasteiger partial charge in [0.15, 0.2) is 0 Å². The predicted octanol–water partition coefficient (Wildman–Crippen LogP) is 10.8. The molecule has 0 unspecified atom stereocenters. The molecule has 11 aromatic rings. The van der Waals surface area contributed by atoms with Gasteiger partial charge in [-0.25, -0.2) is 0 Å². The van der Waals surface area contributed by atoms with Crippen LogP contribution in [0.2, 0.25) is 0 Å². The van der Waals surface area contributed by atoms with Gasteiger partial charge in [0.05, 0.1) is 11.0 Å². The van der Waals surface area contributed by atoms with Crippen molar-refractivity contribution in [3.05, 3.63) is 212 Å². The van der Waals surface area contributed by atoms with Crippen LogP contribution in [0.1, 0.15) is 0 Å². The first-order valence-corrected chi connectivity index (χ1v) is 22.5. The van der Waals surface area contributed by atoms with E-state index in [4.69, 9.17) is 0 Å². The van der Waals surface area contributed by atoms with Crippen LogP contribution in [-0.2, 0) is 0 Å². The monoisotopic (exact) mass is 806 g/mol. The summed E-state index contributed by atoms with van der Waals surface area (Å²) in [7, 11) is 0. The number of nitrogens with zero attached hydrogens (tertiary/aromatic N) is 1. The van der Waals surface area contributed by atoms with Crippen molar-refractivity contribution in [2.75, 3.05) is 5.32 Å². The molecule has 0 bridgehead atoms. The number of aromatic nitrogens is 1. The van der Waals surface area contributed by atoms with Crippen molar-refractivity contribution in [2.24, 2.45) is 0 Å². The van der Waals surface area contributed by atoms with Crippen LogP contribution < -0.4 is 38.1 Å². The molecule has 15 rings (SSSR count). The average molecular weight is 807 g/mol. The van der Waals surface area contributed by atoms with E-state index in [9.17, 15) is 0 Å². The van der Waals surface area contributed by atoms with E-state index >= 15 is 0 Å². The highest BCUT2D eigenvalue weighted by Crippen LogP contribution is 2.45. The molecule has 0 saturated heterocycles. The van der Waals surface area contributed by atoms with E-state index in [0.717, 1.165) is 5.69 Å². The van der Waals surface area contributed by atoms with Crippen LogP contribution in [0.15, 0.2) is 212 Å². The third kappa shape index (κ3) is 4.42. The maximum absolute atomic E-state index is 4.20. The van der Waals surface area contributed by atoms with Crippen molar-refractivity contribution in [2.45, 2.75) is 0 Å². The first-order valence-electron chi connectivity index (χ1n) is 22.5. The lowest BCUT2D eigenvalue weighted by atomic mass is 9.30. The van der Waals surface area contributed by atoms with E-state index < -0.39 is 0 Å². The molecule has 0 aliphatic carbocycles. The second-order valence-electron chi connectivity index (χ2n) is 17.9. The Morgan fingerprint density at radius 2 is 0.750 bits per heavy atom. The van der Waals surface area contributed by atoms with Gasteiger partial charge < -0.3 is 9.88 Å². The Morgan fingerprint density at radius 3 is 1.33 bits per heavy atom. The van der Waals surface area contributed by atoms with Crippen molar-refractivity contribution in [1.82, 2.24) is 4.57 Å². The molecule has 0 fully saturated rings. The van der Waals surface area contributed by atoms with E-state index in [1.54, 1.807) is 0 Å². The smallest absolute Gasteiger partial charge is 0.248 e. The molecule has 2 nitrogen and oxygen atoms in total. The molecular formula is C60H36B2N2. The number of anilines is 2. The van der Waals surface area contributed by atoms with Gasteiger partial charge in [-0.15, -0.1) is 0 Å². The summed E-state index contributed by atoms with van der Waals surface area (Å²) in [6.07, 6.45) is 0. The number of hydrogen-bond donors (Lipinski definition) is 1. The van der Waals surface area contributed by atoms with Crippen LogP contribution in [0.3, 0.4) is 0 Å². The molecule has 1 N–H and O–H groups in total. The molecule has 0 atom stereocenters. The molecule has 0 radical (unpaired) electrons. The Labute approximate surface area is 372 Å². The predicted molar refractivity (Wildman–Crippen MR) is 272 cm³/mol. The Bertz CT molecular complexity index is 3860. The van der Waals surface area contributed by atoms with E-state index in [1.165, 1.54) is 133 Å². The maximum atomic E-state index is 4.20. The number of fused-ring (bicyclic) bond motifs is 22. The average Bonchev–Trinajstić information content (AvgIpc) is 3.74. The number of benzene rings is 10. The summed E-state index contributed by atoms with van der Waals surface area (Å²) in [5, 5.41) is 6.75. The second-order valence-corrected chi connectivity index (χ2v) is 17.9. The number of nitrogens with one attached hydrogen (secondary N) is 1. The molecule has 4 aliphatic rings. The molecule has 64 heavy (non-hydrogen) atoms. The summed E-state index contributed by atoms with van der Waals surface area (Å²) in [6, 6.07) is 80.3. The molecule has 292 valence electrons. The normalized spacial score (nSPS) is 13.1. The summed E-state index contributed by atoms with van der Waals surface area (Å²) in [5.41, 5.74) is 29.3. The molecule has 4 aliphatic heterocycles. The summed E-state index contributed by atoms with van der Waals surface area (Å²) in [5.74, 6) is 0. The fourth-order valence-electron chi connectivity index (χ4n) is 12.4. The van der Waals surface area contributed by atoms with Crippen molar-refractivity contribution < 1.29 is 0 Å². The molecular weight excluding hydrogens is 770 g/mol. The topological polar surface area (TPSA) is 17.0 Å². The molecule has 4 heteroatoms. The highest BCUT2D eigenvalue weighted by Gasteiger charge is 2.43. The zero-order valence-electron chi connectivity index (χ0n) is 34.8. The van der Waals surface area contributed by atoms with E-state index in [-0.39, 0.29) is 13.4 Å². The maximum Gasteiger partial charge on any atom is 0.248 e. The summed E-state index contributed by atoms with van der Waals surface area (Å²) in [6.45, 7) is -0.124. The van der Waals surface area contributed by atoms with Gasteiger partial charge in [0.25, 0.3) is 0 Å². The molecule has 10 aromatic carbocycles. The fourth-order valence-corrected chi connectivity index (χ4v) is 12.4. The third-order valence-corrected chi connectivity index (χ3v) is 14.9. The Balaban J connectivity index is 1.14. The van der Waals surface area contributed by atoms with Crippen LogP contribution in [0.5, 0.6) is 0 Å². The molecule has 0 spiro atoms. The fraction of sp³-hybridized carbons (Fsp3) is 0. The zero-order valence-corrected chi connectivity index (χ0v) is 34.8. The number of para-hydroxylation sites is 1. The highest BCUT2D eigenvalue weighted by atomic mass is 15.0. The lowest BCUT2D eigenvalue weighted by molar-refractivity contribution is 1.19. The first kappa shape index (κ1) is 34.5. The van der Waals surface area contributed by atoms with Crippen molar-refractivity contribution >= 4 is 79.4 Å². The van der Waals surface area contributed by atoms with E-state index in [2.05, 4.69) is 222 Å². The van der Waals surface area contributed by atoms with Crippen LogP contribution in [0.4, 0.5) is 11.4 Å². The van der Waals surface area contributed by atoms with Gasteiger partial charge >= 0.3 is 0 Å². The van der Waals surface area contributed by atoms with Crippen LogP contribution in [0, 0.1) is 0 Å². The summed E-state index contributed by atoms with van der Waals surface area (Å²) >= 11 is 0. The van der Waals surface area contributed by atoms with Crippen molar-refractivity contribution in [3.63, 3.8) is 0 Å². The van der Waals surface area contributed by atoms with Crippen LogP contribution >= 0.6 is 0 Å². The van der Waals surface area contributed by atoms with Gasteiger partial charge in [-0.2, -0.15) is 0 Å². The first-order chi connectivity index (χ1) is 31.8. The molecule has 0 saturated carbocycles. The van der Waals surface area contributed by atoms with Gasteiger partial charge in [0.1, 0.15) is 0 Å². The Kier molecular flexibility index (Phi) is 6.88. The Hall–Kier alpha value is -8.07. The third-order valence-electron chi connectivity index (χ3n) is 14.9. The minimum Gasteiger partial charge on any atom is -0.356 e. The quantitative estimate of drug-likeness (QED) is 0.151. The van der Waals surface area contributed by atoms with Gasteiger partial charge in [-0.05, 0) is 107 Å². The zero-order chi connectivity index (χ0) is 41.6.